The lowest BCUT2D eigenvalue weighted by atomic mass is 10.0. The third kappa shape index (κ3) is 5.42. The smallest absolute Gasteiger partial charge is 0.319 e. The van der Waals surface area contributed by atoms with Crippen LogP contribution in [0.5, 0.6) is 0 Å². The fraction of sp³-hybridized carbons (Fsp3) is 0.429. The maximum Gasteiger partial charge on any atom is 0.319 e. The predicted molar refractivity (Wildman–Crippen MR) is 74.4 cm³/mol. The van der Waals surface area contributed by atoms with Crippen LogP contribution in [0.2, 0.25) is 0 Å². The second kappa shape index (κ2) is 5.73. The summed E-state index contributed by atoms with van der Waals surface area (Å²) >= 11 is 0. The number of aliphatic carboxylic acids is 1. The summed E-state index contributed by atoms with van der Waals surface area (Å²) in [6.07, 6.45) is -0.132. The molecular formula is C14H20N2O3. The molecule has 0 bridgehead atoms. The molecule has 2 amide bonds. The Balaban J connectivity index is 2.67. The number of carbonyl (C=O) groups excluding carboxylic acids is 1. The van der Waals surface area contributed by atoms with Crippen LogP contribution < -0.4 is 10.6 Å². The second-order valence-electron chi connectivity index (χ2n) is 5.41. The van der Waals surface area contributed by atoms with E-state index in [2.05, 4.69) is 10.6 Å². The number of anilines is 1. The van der Waals surface area contributed by atoms with E-state index < -0.39 is 17.5 Å². The standard InChI is InChI=1S/C14H20N2O3/c1-9-5-10(2)7-11(6-9)15-13(19)16-14(3,4)8-12(17)18/h5-7H,8H2,1-4H3,(H,17,18)(H2,15,16,19). The minimum atomic E-state index is -0.947. The van der Waals surface area contributed by atoms with E-state index in [1.807, 2.05) is 32.0 Å². The third-order valence-electron chi connectivity index (χ3n) is 2.52. The number of rotatable bonds is 4. The lowest BCUT2D eigenvalue weighted by Gasteiger charge is -2.24. The van der Waals surface area contributed by atoms with Gasteiger partial charge in [0.1, 0.15) is 0 Å². The molecule has 0 aromatic heterocycles. The minimum absolute atomic E-state index is 0.132. The van der Waals surface area contributed by atoms with Gasteiger partial charge in [0.2, 0.25) is 0 Å². The number of hydrogen-bond acceptors (Lipinski definition) is 2. The fourth-order valence-corrected chi connectivity index (χ4v) is 1.94. The van der Waals surface area contributed by atoms with E-state index in [0.29, 0.717) is 5.69 Å². The zero-order chi connectivity index (χ0) is 14.6. The molecular weight excluding hydrogens is 244 g/mol. The summed E-state index contributed by atoms with van der Waals surface area (Å²) in [5.41, 5.74) is 2.01. The first-order valence-electron chi connectivity index (χ1n) is 6.07. The largest absolute Gasteiger partial charge is 0.481 e. The Morgan fingerprint density at radius 3 is 2.16 bits per heavy atom. The highest BCUT2D eigenvalue weighted by atomic mass is 16.4. The van der Waals surface area contributed by atoms with Crippen molar-refractivity contribution in [1.82, 2.24) is 5.32 Å². The maximum absolute atomic E-state index is 11.8. The summed E-state index contributed by atoms with van der Waals surface area (Å²) in [6.45, 7) is 7.24. The minimum Gasteiger partial charge on any atom is -0.481 e. The Bertz CT molecular complexity index is 475. The molecule has 0 atom stereocenters. The van der Waals surface area contributed by atoms with E-state index in [1.165, 1.54) is 0 Å². The van der Waals surface area contributed by atoms with E-state index in [-0.39, 0.29) is 6.42 Å². The topological polar surface area (TPSA) is 78.4 Å². The van der Waals surface area contributed by atoms with Crippen LogP contribution in [0.25, 0.3) is 0 Å². The molecule has 0 saturated carbocycles. The predicted octanol–water partition coefficient (Wildman–Crippen LogP) is 2.68. The van der Waals surface area contributed by atoms with Gasteiger partial charge in [0.25, 0.3) is 0 Å². The van der Waals surface area contributed by atoms with Gasteiger partial charge in [-0.3, -0.25) is 4.79 Å². The van der Waals surface area contributed by atoms with Crippen LogP contribution in [0, 0.1) is 13.8 Å². The molecule has 1 rings (SSSR count). The fourth-order valence-electron chi connectivity index (χ4n) is 1.94. The summed E-state index contributed by atoms with van der Waals surface area (Å²) in [5, 5.41) is 14.1. The summed E-state index contributed by atoms with van der Waals surface area (Å²) in [6, 6.07) is 5.32. The van der Waals surface area contributed by atoms with Crippen molar-refractivity contribution in [1.29, 1.82) is 0 Å². The second-order valence-corrected chi connectivity index (χ2v) is 5.41. The van der Waals surface area contributed by atoms with Gasteiger partial charge in [0.05, 0.1) is 6.42 Å². The van der Waals surface area contributed by atoms with E-state index in [0.717, 1.165) is 11.1 Å². The first-order chi connectivity index (χ1) is 8.68. The number of amides is 2. The SMILES string of the molecule is Cc1cc(C)cc(NC(=O)NC(C)(C)CC(=O)O)c1. The van der Waals surface area contributed by atoms with Crippen LogP contribution in [0.4, 0.5) is 10.5 Å². The zero-order valence-corrected chi connectivity index (χ0v) is 11.7. The van der Waals surface area contributed by atoms with Crippen LogP contribution in [-0.2, 0) is 4.79 Å². The number of benzene rings is 1. The number of urea groups is 1. The number of hydrogen-bond donors (Lipinski definition) is 3. The highest BCUT2D eigenvalue weighted by Gasteiger charge is 2.23. The van der Waals surface area contributed by atoms with Gasteiger partial charge in [-0.25, -0.2) is 4.79 Å². The first kappa shape index (κ1) is 15.0. The van der Waals surface area contributed by atoms with Crippen molar-refractivity contribution < 1.29 is 14.7 Å². The quantitative estimate of drug-likeness (QED) is 0.782. The van der Waals surface area contributed by atoms with Crippen molar-refractivity contribution in [2.45, 2.75) is 39.7 Å². The highest BCUT2D eigenvalue weighted by molar-refractivity contribution is 5.90. The molecule has 5 nitrogen and oxygen atoms in total. The summed E-state index contributed by atoms with van der Waals surface area (Å²) in [4.78, 5) is 22.5. The van der Waals surface area contributed by atoms with Gasteiger partial charge in [-0.15, -0.1) is 0 Å². The van der Waals surface area contributed by atoms with Gasteiger partial charge in [0, 0.05) is 11.2 Å². The molecule has 0 saturated heterocycles. The molecule has 19 heavy (non-hydrogen) atoms. The van der Waals surface area contributed by atoms with Gasteiger partial charge in [-0.2, -0.15) is 0 Å². The molecule has 0 unspecified atom stereocenters. The number of carboxylic acid groups (broad SMARTS) is 1. The maximum atomic E-state index is 11.8. The molecule has 0 aliphatic heterocycles. The van der Waals surface area contributed by atoms with Crippen molar-refractivity contribution in [2.75, 3.05) is 5.32 Å². The number of carboxylic acids is 1. The lowest BCUT2D eigenvalue weighted by molar-refractivity contribution is -0.138. The van der Waals surface area contributed by atoms with E-state index >= 15 is 0 Å². The van der Waals surface area contributed by atoms with Crippen LogP contribution in [0.15, 0.2) is 18.2 Å². The van der Waals surface area contributed by atoms with Gasteiger partial charge >= 0.3 is 12.0 Å². The Morgan fingerprint density at radius 2 is 1.68 bits per heavy atom. The Kier molecular flexibility index (Phi) is 4.53. The Hall–Kier alpha value is -2.04. The summed E-state index contributed by atoms with van der Waals surface area (Å²) in [5.74, 6) is -0.947. The van der Waals surface area contributed by atoms with Crippen LogP contribution >= 0.6 is 0 Å². The van der Waals surface area contributed by atoms with Gasteiger partial charge in [-0.1, -0.05) is 6.07 Å². The van der Waals surface area contributed by atoms with E-state index in [1.54, 1.807) is 13.8 Å². The molecule has 0 aliphatic rings. The number of nitrogens with one attached hydrogen (secondary N) is 2. The van der Waals surface area contributed by atoms with Gasteiger partial charge in [0.15, 0.2) is 0 Å². The van der Waals surface area contributed by atoms with Gasteiger partial charge < -0.3 is 15.7 Å². The van der Waals surface area contributed by atoms with Crippen molar-refractivity contribution in [2.24, 2.45) is 0 Å². The van der Waals surface area contributed by atoms with E-state index in [4.69, 9.17) is 5.11 Å². The average molecular weight is 264 g/mol. The molecule has 1 aromatic rings. The van der Waals surface area contributed by atoms with Crippen molar-refractivity contribution in [3.8, 4) is 0 Å². The zero-order valence-electron chi connectivity index (χ0n) is 11.7. The lowest BCUT2D eigenvalue weighted by Crippen LogP contribution is -2.46. The average Bonchev–Trinajstić information content (AvgIpc) is 2.10. The number of carbonyl (C=O) groups is 2. The summed E-state index contributed by atoms with van der Waals surface area (Å²) < 4.78 is 0. The molecule has 0 heterocycles. The molecule has 3 N–H and O–H groups in total. The highest BCUT2D eigenvalue weighted by Crippen LogP contribution is 2.14. The van der Waals surface area contributed by atoms with Crippen molar-refractivity contribution in [3.63, 3.8) is 0 Å². The molecule has 1 aromatic carbocycles. The Labute approximate surface area is 113 Å². The molecule has 104 valence electrons. The van der Waals surface area contributed by atoms with Crippen LogP contribution in [0.3, 0.4) is 0 Å². The van der Waals surface area contributed by atoms with Crippen molar-refractivity contribution >= 4 is 17.7 Å². The van der Waals surface area contributed by atoms with Crippen LogP contribution in [-0.4, -0.2) is 22.6 Å². The first-order valence-corrected chi connectivity index (χ1v) is 6.07. The Morgan fingerprint density at radius 1 is 1.16 bits per heavy atom. The van der Waals surface area contributed by atoms with Crippen LogP contribution in [0.1, 0.15) is 31.4 Å². The molecule has 0 spiro atoms. The molecule has 0 aliphatic carbocycles. The normalized spacial score (nSPS) is 10.9. The van der Waals surface area contributed by atoms with E-state index in [9.17, 15) is 9.59 Å². The molecule has 5 heteroatoms. The molecule has 0 fully saturated rings. The summed E-state index contributed by atoms with van der Waals surface area (Å²) in [7, 11) is 0. The monoisotopic (exact) mass is 264 g/mol. The van der Waals surface area contributed by atoms with Gasteiger partial charge in [-0.05, 0) is 51.0 Å². The third-order valence-corrected chi connectivity index (χ3v) is 2.52. The number of aryl methyl sites for hydroxylation is 2. The van der Waals surface area contributed by atoms with Crippen molar-refractivity contribution in [3.05, 3.63) is 29.3 Å². The molecule has 0 radical (unpaired) electrons.